The maximum Gasteiger partial charge on any atom is 0.127 e. The summed E-state index contributed by atoms with van der Waals surface area (Å²) in [6, 6.07) is 83.7. The van der Waals surface area contributed by atoms with Crippen molar-refractivity contribution in [2.75, 3.05) is 4.90 Å². The van der Waals surface area contributed by atoms with Crippen LogP contribution in [-0.4, -0.2) is 0 Å². The second kappa shape index (κ2) is 18.0. The topological polar surface area (TPSA) is 12.5 Å². The maximum absolute atomic E-state index is 6.53. The SMILES string of the molecule is CC(C)CC(c1ccc(Oc2ccc(C3(c4ccccc4)c4ccccc4-c4ccc(-c5ccc(N(c6ccccc6)c6ccc(-c7ccccc7)cc6)cc5)cc43)cc2)cc1)C(C)C. The summed E-state index contributed by atoms with van der Waals surface area (Å²) in [6.07, 6.45) is 1.18. The number of hydrogen-bond donors (Lipinski definition) is 0. The standard InChI is InChI=1S/C63H55NO/c1-44(2)42-60(45(3)4)49-28-37-56(38-29-49)65-57-39-31-52(32-40-57)63(51-18-10-6-11-19-51)61-23-15-14-22-58(61)59-41-30-50(43-62(59)63)48-26-35-55(36-27-48)64(53-20-12-7-13-21-53)54-33-24-47(25-34-54)46-16-8-5-9-17-46/h5-41,43-45,60H,42H2,1-4H3. The van der Waals surface area contributed by atoms with Gasteiger partial charge in [-0.1, -0.05) is 191 Å². The van der Waals surface area contributed by atoms with Crippen molar-refractivity contribution in [3.05, 3.63) is 258 Å². The fraction of sp³-hybridized carbons (Fsp3) is 0.143. The van der Waals surface area contributed by atoms with Gasteiger partial charge in [0.2, 0.25) is 0 Å². The molecule has 2 heteroatoms. The van der Waals surface area contributed by atoms with Gasteiger partial charge < -0.3 is 9.64 Å². The van der Waals surface area contributed by atoms with Gasteiger partial charge in [-0.15, -0.1) is 0 Å². The monoisotopic (exact) mass is 841 g/mol. The van der Waals surface area contributed by atoms with E-state index in [4.69, 9.17) is 4.74 Å². The van der Waals surface area contributed by atoms with Gasteiger partial charge in [-0.2, -0.15) is 0 Å². The first kappa shape index (κ1) is 41.6. The third-order valence-electron chi connectivity index (χ3n) is 13.3. The second-order valence-corrected chi connectivity index (χ2v) is 18.2. The number of anilines is 3. The molecule has 2 unspecified atom stereocenters. The Kier molecular flexibility index (Phi) is 11.5. The van der Waals surface area contributed by atoms with Crippen LogP contribution in [0, 0.1) is 11.8 Å². The van der Waals surface area contributed by atoms with Crippen molar-refractivity contribution in [2.24, 2.45) is 11.8 Å². The Hall–Kier alpha value is -7.42. The van der Waals surface area contributed by atoms with Gasteiger partial charge in [0.25, 0.3) is 0 Å². The molecule has 0 bridgehead atoms. The van der Waals surface area contributed by atoms with Crippen molar-refractivity contribution in [3.8, 4) is 44.9 Å². The number of hydrogen-bond acceptors (Lipinski definition) is 2. The zero-order chi connectivity index (χ0) is 44.3. The van der Waals surface area contributed by atoms with Crippen LogP contribution in [-0.2, 0) is 5.41 Å². The highest BCUT2D eigenvalue weighted by atomic mass is 16.5. The summed E-state index contributed by atoms with van der Waals surface area (Å²) in [5, 5.41) is 0. The highest BCUT2D eigenvalue weighted by Crippen LogP contribution is 2.57. The van der Waals surface area contributed by atoms with Crippen molar-refractivity contribution in [1.82, 2.24) is 0 Å². The predicted molar refractivity (Wildman–Crippen MR) is 273 cm³/mol. The minimum atomic E-state index is -0.540. The summed E-state index contributed by atoms with van der Waals surface area (Å²) in [5.74, 6) is 3.45. The third kappa shape index (κ3) is 8.06. The van der Waals surface area contributed by atoms with Gasteiger partial charge in [0.05, 0.1) is 5.41 Å². The number of rotatable bonds is 13. The molecule has 0 radical (unpaired) electrons. The fourth-order valence-corrected chi connectivity index (χ4v) is 10.2. The Morgan fingerprint density at radius 2 is 0.862 bits per heavy atom. The summed E-state index contributed by atoms with van der Waals surface area (Å²) in [4.78, 5) is 2.33. The molecule has 0 amide bonds. The van der Waals surface area contributed by atoms with E-state index >= 15 is 0 Å². The molecule has 0 aromatic heterocycles. The smallest absolute Gasteiger partial charge is 0.127 e. The average Bonchev–Trinajstić information content (AvgIpc) is 3.65. The van der Waals surface area contributed by atoms with Crippen LogP contribution in [0.25, 0.3) is 33.4 Å². The molecule has 1 aliphatic carbocycles. The van der Waals surface area contributed by atoms with Crippen LogP contribution in [0.4, 0.5) is 17.1 Å². The molecule has 10 rings (SSSR count). The highest BCUT2D eigenvalue weighted by Gasteiger charge is 2.46. The van der Waals surface area contributed by atoms with Crippen LogP contribution < -0.4 is 9.64 Å². The first-order valence-corrected chi connectivity index (χ1v) is 23.2. The van der Waals surface area contributed by atoms with Crippen LogP contribution >= 0.6 is 0 Å². The lowest BCUT2D eigenvalue weighted by Gasteiger charge is -2.34. The molecule has 0 saturated heterocycles. The molecule has 2 atom stereocenters. The zero-order valence-electron chi connectivity index (χ0n) is 37.7. The lowest BCUT2D eigenvalue weighted by molar-refractivity contribution is 0.407. The molecule has 9 aromatic carbocycles. The largest absolute Gasteiger partial charge is 0.457 e. The molecule has 9 aromatic rings. The van der Waals surface area contributed by atoms with E-state index in [0.29, 0.717) is 17.8 Å². The number of fused-ring (bicyclic) bond motifs is 3. The Bertz CT molecular complexity index is 2990. The Balaban J connectivity index is 1.00. The van der Waals surface area contributed by atoms with Crippen molar-refractivity contribution in [2.45, 2.75) is 45.4 Å². The van der Waals surface area contributed by atoms with Gasteiger partial charge >= 0.3 is 0 Å². The molecule has 0 fully saturated rings. The summed E-state index contributed by atoms with van der Waals surface area (Å²) in [7, 11) is 0. The predicted octanol–water partition coefficient (Wildman–Crippen LogP) is 17.4. The molecule has 65 heavy (non-hydrogen) atoms. The van der Waals surface area contributed by atoms with Crippen molar-refractivity contribution >= 4 is 17.1 Å². The molecule has 0 saturated carbocycles. The second-order valence-electron chi connectivity index (χ2n) is 18.2. The summed E-state index contributed by atoms with van der Waals surface area (Å²) in [5.41, 5.74) is 16.5. The van der Waals surface area contributed by atoms with Crippen LogP contribution in [0.5, 0.6) is 11.5 Å². The molecular weight excluding hydrogens is 787 g/mol. The van der Waals surface area contributed by atoms with Gasteiger partial charge in [-0.3, -0.25) is 0 Å². The Labute approximate surface area is 385 Å². The van der Waals surface area contributed by atoms with Crippen LogP contribution in [0.1, 0.15) is 67.9 Å². The van der Waals surface area contributed by atoms with Gasteiger partial charge in [0.15, 0.2) is 0 Å². The van der Waals surface area contributed by atoms with Crippen LogP contribution in [0.15, 0.2) is 231 Å². The van der Waals surface area contributed by atoms with Crippen molar-refractivity contribution in [1.29, 1.82) is 0 Å². The van der Waals surface area contributed by atoms with Crippen LogP contribution in [0.3, 0.4) is 0 Å². The first-order valence-electron chi connectivity index (χ1n) is 23.2. The van der Waals surface area contributed by atoms with Gasteiger partial charge in [-0.25, -0.2) is 0 Å². The van der Waals surface area contributed by atoms with E-state index in [9.17, 15) is 0 Å². The lowest BCUT2D eigenvalue weighted by Crippen LogP contribution is -2.28. The normalized spacial score (nSPS) is 14.5. The Morgan fingerprint density at radius 3 is 1.46 bits per heavy atom. The van der Waals surface area contributed by atoms with Gasteiger partial charge in [0.1, 0.15) is 11.5 Å². The third-order valence-corrected chi connectivity index (χ3v) is 13.3. The van der Waals surface area contributed by atoms with Crippen molar-refractivity contribution in [3.63, 3.8) is 0 Å². The van der Waals surface area contributed by atoms with Gasteiger partial charge in [-0.05, 0) is 152 Å². The van der Waals surface area contributed by atoms with E-state index in [-0.39, 0.29) is 0 Å². The fourth-order valence-electron chi connectivity index (χ4n) is 10.2. The molecule has 318 valence electrons. The molecule has 0 aliphatic heterocycles. The first-order chi connectivity index (χ1) is 31.9. The quantitative estimate of drug-likeness (QED) is 0.115. The van der Waals surface area contributed by atoms with Crippen molar-refractivity contribution < 1.29 is 4.74 Å². The number of benzene rings is 9. The molecule has 0 N–H and O–H groups in total. The van der Waals surface area contributed by atoms with Gasteiger partial charge in [0, 0.05) is 17.1 Å². The number of ether oxygens (including phenoxy) is 1. The van der Waals surface area contributed by atoms with E-state index in [2.05, 4.69) is 263 Å². The maximum atomic E-state index is 6.53. The van der Waals surface area contributed by atoms with Crippen LogP contribution in [0.2, 0.25) is 0 Å². The minimum Gasteiger partial charge on any atom is -0.457 e. The van der Waals surface area contributed by atoms with E-state index < -0.39 is 5.41 Å². The zero-order valence-corrected chi connectivity index (χ0v) is 37.7. The summed E-state index contributed by atoms with van der Waals surface area (Å²) in [6.45, 7) is 9.28. The lowest BCUT2D eigenvalue weighted by atomic mass is 9.67. The van der Waals surface area contributed by atoms with E-state index in [1.807, 2.05) is 0 Å². The van der Waals surface area contributed by atoms with E-state index in [1.165, 1.54) is 67.6 Å². The van der Waals surface area contributed by atoms with E-state index in [0.717, 1.165) is 28.6 Å². The molecule has 0 heterocycles. The number of para-hydroxylation sites is 1. The Morgan fingerprint density at radius 1 is 0.400 bits per heavy atom. The number of nitrogens with zero attached hydrogens (tertiary/aromatic N) is 1. The average molecular weight is 842 g/mol. The summed E-state index contributed by atoms with van der Waals surface area (Å²) < 4.78 is 6.53. The molecular formula is C63H55NO. The molecule has 2 nitrogen and oxygen atoms in total. The minimum absolute atomic E-state index is 0.536. The highest BCUT2D eigenvalue weighted by molar-refractivity contribution is 5.89. The molecule has 1 aliphatic rings. The van der Waals surface area contributed by atoms with E-state index in [1.54, 1.807) is 0 Å². The molecule has 0 spiro atoms. The summed E-state index contributed by atoms with van der Waals surface area (Å²) >= 11 is 0.